The number of hydrogen-bond donors (Lipinski definition) is 1. The van der Waals surface area contributed by atoms with Gasteiger partial charge in [0.1, 0.15) is 29.3 Å². The lowest BCUT2D eigenvalue weighted by molar-refractivity contribution is 0.203. The SMILES string of the molecule is COc1cc(F)c(Br)cc1C(O)c1c(F)cc(Br)cc1F. The van der Waals surface area contributed by atoms with E-state index < -0.39 is 29.1 Å². The van der Waals surface area contributed by atoms with E-state index in [1.807, 2.05) is 0 Å². The Balaban J connectivity index is 2.60. The Labute approximate surface area is 135 Å². The smallest absolute Gasteiger partial charge is 0.141 e. The summed E-state index contributed by atoms with van der Waals surface area (Å²) in [6.45, 7) is 0. The summed E-state index contributed by atoms with van der Waals surface area (Å²) in [6, 6.07) is 4.32. The van der Waals surface area contributed by atoms with Crippen molar-refractivity contribution >= 4 is 31.9 Å². The molecular formula is C14H9Br2F3O2. The number of methoxy groups -OCH3 is 1. The molecule has 2 aromatic rings. The predicted molar refractivity (Wildman–Crippen MR) is 78.8 cm³/mol. The van der Waals surface area contributed by atoms with Gasteiger partial charge in [0, 0.05) is 16.1 Å². The first kappa shape index (κ1) is 16.3. The van der Waals surface area contributed by atoms with E-state index in [1.165, 1.54) is 13.2 Å². The molecule has 0 spiro atoms. The molecule has 0 saturated carbocycles. The van der Waals surface area contributed by atoms with Crippen LogP contribution in [0.5, 0.6) is 5.75 Å². The molecule has 2 aromatic carbocycles. The minimum Gasteiger partial charge on any atom is -0.496 e. The summed E-state index contributed by atoms with van der Waals surface area (Å²) >= 11 is 5.92. The Kier molecular flexibility index (Phi) is 4.95. The summed E-state index contributed by atoms with van der Waals surface area (Å²) in [5.74, 6) is -2.46. The van der Waals surface area contributed by atoms with Gasteiger partial charge in [-0.15, -0.1) is 0 Å². The van der Waals surface area contributed by atoms with Crippen molar-refractivity contribution in [1.82, 2.24) is 0 Å². The van der Waals surface area contributed by atoms with Gasteiger partial charge in [-0.05, 0) is 34.1 Å². The number of aliphatic hydroxyl groups excluding tert-OH is 1. The van der Waals surface area contributed by atoms with E-state index >= 15 is 0 Å². The van der Waals surface area contributed by atoms with Gasteiger partial charge in [0.15, 0.2) is 0 Å². The largest absolute Gasteiger partial charge is 0.496 e. The zero-order valence-electron chi connectivity index (χ0n) is 10.6. The Morgan fingerprint density at radius 3 is 2.10 bits per heavy atom. The first-order chi connectivity index (χ1) is 9.85. The molecule has 0 aliphatic rings. The Bertz CT molecular complexity index is 669. The van der Waals surface area contributed by atoms with Crippen molar-refractivity contribution in [3.63, 3.8) is 0 Å². The number of ether oxygens (including phenoxy) is 1. The van der Waals surface area contributed by atoms with Gasteiger partial charge in [-0.1, -0.05) is 15.9 Å². The van der Waals surface area contributed by atoms with Crippen LogP contribution in [0, 0.1) is 17.5 Å². The highest BCUT2D eigenvalue weighted by atomic mass is 79.9. The molecule has 0 radical (unpaired) electrons. The average Bonchev–Trinajstić information content (AvgIpc) is 2.39. The van der Waals surface area contributed by atoms with Crippen molar-refractivity contribution in [2.24, 2.45) is 0 Å². The maximum Gasteiger partial charge on any atom is 0.141 e. The van der Waals surface area contributed by atoms with Crippen molar-refractivity contribution in [2.45, 2.75) is 6.10 Å². The van der Waals surface area contributed by atoms with Crippen LogP contribution in [0.25, 0.3) is 0 Å². The van der Waals surface area contributed by atoms with Crippen LogP contribution in [0.15, 0.2) is 33.2 Å². The van der Waals surface area contributed by atoms with Gasteiger partial charge in [-0.25, -0.2) is 13.2 Å². The maximum absolute atomic E-state index is 13.9. The monoisotopic (exact) mass is 424 g/mol. The lowest BCUT2D eigenvalue weighted by Crippen LogP contribution is -2.08. The number of benzene rings is 2. The van der Waals surface area contributed by atoms with Crippen LogP contribution < -0.4 is 4.74 Å². The van der Waals surface area contributed by atoms with Crippen molar-refractivity contribution < 1.29 is 23.0 Å². The summed E-state index contributed by atoms with van der Waals surface area (Å²) in [4.78, 5) is 0. The predicted octanol–water partition coefficient (Wildman–Crippen LogP) is 4.72. The standard InChI is InChI=1S/C14H9Br2F3O2/c1-21-12-5-9(17)8(16)4-7(12)14(20)13-10(18)2-6(15)3-11(13)19/h2-5,14,20H,1H3. The van der Waals surface area contributed by atoms with E-state index in [1.54, 1.807) is 0 Å². The molecule has 21 heavy (non-hydrogen) atoms. The van der Waals surface area contributed by atoms with Gasteiger partial charge in [-0.3, -0.25) is 0 Å². The quantitative estimate of drug-likeness (QED) is 0.770. The first-order valence-corrected chi connectivity index (χ1v) is 7.29. The molecule has 0 saturated heterocycles. The van der Waals surface area contributed by atoms with Crippen LogP contribution in [0.1, 0.15) is 17.2 Å². The summed E-state index contributed by atoms with van der Waals surface area (Å²) < 4.78 is 46.5. The molecule has 2 rings (SSSR count). The molecule has 112 valence electrons. The molecule has 0 aliphatic heterocycles. The van der Waals surface area contributed by atoms with Crippen molar-refractivity contribution in [3.05, 3.63) is 61.8 Å². The van der Waals surface area contributed by atoms with E-state index in [9.17, 15) is 18.3 Å². The van der Waals surface area contributed by atoms with E-state index in [0.29, 0.717) is 0 Å². The second-order valence-electron chi connectivity index (χ2n) is 4.19. The fraction of sp³-hybridized carbons (Fsp3) is 0.143. The molecule has 0 bridgehead atoms. The number of aliphatic hydroxyl groups is 1. The normalized spacial score (nSPS) is 12.3. The fourth-order valence-electron chi connectivity index (χ4n) is 1.90. The molecule has 0 heterocycles. The summed E-state index contributed by atoms with van der Waals surface area (Å²) in [7, 11) is 1.27. The first-order valence-electron chi connectivity index (χ1n) is 5.70. The molecule has 2 nitrogen and oxygen atoms in total. The minimum atomic E-state index is -1.63. The maximum atomic E-state index is 13.9. The highest BCUT2D eigenvalue weighted by molar-refractivity contribution is 9.10. The summed E-state index contributed by atoms with van der Waals surface area (Å²) in [5.41, 5.74) is -0.485. The second-order valence-corrected chi connectivity index (χ2v) is 5.96. The third-order valence-electron chi connectivity index (χ3n) is 2.88. The third kappa shape index (κ3) is 3.25. The summed E-state index contributed by atoms with van der Waals surface area (Å²) in [5, 5.41) is 10.3. The van der Waals surface area contributed by atoms with Crippen LogP contribution in [0.4, 0.5) is 13.2 Å². The highest BCUT2D eigenvalue weighted by Crippen LogP contribution is 2.36. The zero-order chi connectivity index (χ0) is 15.7. The van der Waals surface area contributed by atoms with Gasteiger partial charge in [0.05, 0.1) is 17.1 Å². The van der Waals surface area contributed by atoms with Gasteiger partial charge >= 0.3 is 0 Å². The minimum absolute atomic E-state index is 0.00933. The molecule has 0 aromatic heterocycles. The fourth-order valence-corrected chi connectivity index (χ4v) is 2.67. The van der Waals surface area contributed by atoms with E-state index in [4.69, 9.17) is 4.74 Å². The number of rotatable bonds is 3. The van der Waals surface area contributed by atoms with Gasteiger partial charge < -0.3 is 9.84 Å². The molecular weight excluding hydrogens is 417 g/mol. The summed E-state index contributed by atoms with van der Waals surface area (Å²) in [6.07, 6.45) is -1.63. The Morgan fingerprint density at radius 1 is 1.00 bits per heavy atom. The highest BCUT2D eigenvalue weighted by Gasteiger charge is 2.24. The molecule has 1 N–H and O–H groups in total. The van der Waals surface area contributed by atoms with Gasteiger partial charge in [-0.2, -0.15) is 0 Å². The zero-order valence-corrected chi connectivity index (χ0v) is 13.8. The number of hydrogen-bond acceptors (Lipinski definition) is 2. The molecule has 1 unspecified atom stereocenters. The van der Waals surface area contributed by atoms with Crippen LogP contribution in [-0.2, 0) is 0 Å². The van der Waals surface area contributed by atoms with Gasteiger partial charge in [0.2, 0.25) is 0 Å². The van der Waals surface area contributed by atoms with Crippen LogP contribution in [-0.4, -0.2) is 12.2 Å². The van der Waals surface area contributed by atoms with Crippen LogP contribution in [0.2, 0.25) is 0 Å². The average molecular weight is 426 g/mol. The Morgan fingerprint density at radius 2 is 1.57 bits per heavy atom. The molecule has 0 amide bonds. The van der Waals surface area contributed by atoms with Crippen LogP contribution in [0.3, 0.4) is 0 Å². The van der Waals surface area contributed by atoms with E-state index in [-0.39, 0.29) is 20.3 Å². The molecule has 7 heteroatoms. The van der Waals surface area contributed by atoms with E-state index in [2.05, 4.69) is 31.9 Å². The van der Waals surface area contributed by atoms with Crippen molar-refractivity contribution in [1.29, 1.82) is 0 Å². The Hall–Kier alpha value is -1.05. The van der Waals surface area contributed by atoms with E-state index in [0.717, 1.165) is 18.2 Å². The molecule has 0 fully saturated rings. The lowest BCUT2D eigenvalue weighted by Gasteiger charge is -2.17. The number of halogens is 5. The van der Waals surface area contributed by atoms with Gasteiger partial charge in [0.25, 0.3) is 0 Å². The van der Waals surface area contributed by atoms with Crippen LogP contribution >= 0.6 is 31.9 Å². The lowest BCUT2D eigenvalue weighted by atomic mass is 9.99. The topological polar surface area (TPSA) is 29.5 Å². The molecule has 0 aliphatic carbocycles. The molecule has 1 atom stereocenters. The second kappa shape index (κ2) is 6.37. The van der Waals surface area contributed by atoms with Crippen molar-refractivity contribution in [2.75, 3.05) is 7.11 Å². The van der Waals surface area contributed by atoms with Crippen molar-refractivity contribution in [3.8, 4) is 5.75 Å². The third-order valence-corrected chi connectivity index (χ3v) is 3.95.